The molecule has 7 N–H and O–H groups in total. The van der Waals surface area contributed by atoms with Crippen LogP contribution in [0.4, 0.5) is 34.1 Å². The molecule has 6 amide bonds. The smallest absolute Gasteiger partial charge is 0.296 e. The average Bonchev–Trinajstić information content (AvgIpc) is 4.11. The number of anilines is 6. The maximum absolute atomic E-state index is 13.6. The zero-order chi connectivity index (χ0) is 43.4. The van der Waals surface area contributed by atoms with E-state index in [0.717, 1.165) is 27.2 Å². The number of aliphatic hydroxyl groups excluding tert-OH is 1. The lowest BCUT2D eigenvalue weighted by atomic mass is 10.00. The first-order chi connectivity index (χ1) is 30.9. The minimum Gasteiger partial charge on any atom is -0.378 e. The van der Waals surface area contributed by atoms with Crippen LogP contribution in [0.2, 0.25) is 0 Å². The molecule has 14 nitrogen and oxygen atoms in total. The largest absolute Gasteiger partial charge is 0.378 e. The zero-order valence-corrected chi connectivity index (χ0v) is 35.4. The molecule has 10 heterocycles. The summed E-state index contributed by atoms with van der Waals surface area (Å²) < 4.78 is 6.34. The van der Waals surface area contributed by atoms with Crippen molar-refractivity contribution in [1.29, 1.82) is 0 Å². The molecule has 0 saturated carbocycles. The number of amides is 6. The summed E-state index contributed by atoms with van der Waals surface area (Å²) in [6, 6.07) is 25.3. The van der Waals surface area contributed by atoms with Crippen LogP contribution in [0.25, 0.3) is 22.3 Å². The molecule has 0 aliphatic carbocycles. The van der Waals surface area contributed by atoms with E-state index < -0.39 is 23.7 Å². The molecular formula is C46H22N6O8S4. The quantitative estimate of drug-likeness (QED) is 0.112. The molecule has 64 heavy (non-hydrogen) atoms. The van der Waals surface area contributed by atoms with Gasteiger partial charge in [-0.3, -0.25) is 33.6 Å². The number of nitrogens with one attached hydrogen (secondary N) is 6. The third-order valence-electron chi connectivity index (χ3n) is 11.9. The summed E-state index contributed by atoms with van der Waals surface area (Å²) in [4.78, 5) is 90.1. The number of hydrogen-bond acceptors (Lipinski definition) is 12. The Morgan fingerprint density at radius 2 is 0.656 bits per heavy atom. The first-order valence-electron chi connectivity index (χ1n) is 19.5. The highest BCUT2D eigenvalue weighted by Gasteiger charge is 2.36. The van der Waals surface area contributed by atoms with Gasteiger partial charge in [-0.1, -0.05) is 0 Å². The van der Waals surface area contributed by atoms with Crippen LogP contribution in [0.15, 0.2) is 84.9 Å². The first kappa shape index (κ1) is 37.0. The van der Waals surface area contributed by atoms with E-state index in [1.165, 1.54) is 45.3 Å². The van der Waals surface area contributed by atoms with Crippen molar-refractivity contribution in [2.75, 3.05) is 31.9 Å². The van der Waals surface area contributed by atoms with Crippen LogP contribution in [-0.2, 0) is 28.8 Å². The summed E-state index contributed by atoms with van der Waals surface area (Å²) in [7, 11) is 0. The van der Waals surface area contributed by atoms with Crippen molar-refractivity contribution in [3.63, 3.8) is 0 Å². The summed E-state index contributed by atoms with van der Waals surface area (Å²) in [5.41, 5.74) is 7.96. The highest BCUT2D eigenvalue weighted by molar-refractivity contribution is 7.12. The van der Waals surface area contributed by atoms with Crippen LogP contribution in [0.5, 0.6) is 0 Å². The normalized spacial score (nSPS) is 22.0. The summed E-state index contributed by atoms with van der Waals surface area (Å²) in [5, 5.41) is 27.2. The number of carbonyl (C=O) groups excluding carboxylic acids is 7. The molecule has 1 atom stereocenters. The van der Waals surface area contributed by atoms with Gasteiger partial charge in [0.15, 0.2) is 6.10 Å². The van der Waals surface area contributed by atoms with Crippen molar-refractivity contribution in [2.24, 2.45) is 0 Å². The van der Waals surface area contributed by atoms with Gasteiger partial charge in [-0.15, -0.1) is 45.3 Å². The summed E-state index contributed by atoms with van der Waals surface area (Å²) >= 11 is 5.68. The van der Waals surface area contributed by atoms with E-state index in [4.69, 9.17) is 0 Å². The standard InChI is InChI=1S/C46H22N6O8S4/c53-39-19-10-17-23(13-25(19)51-45(39)59)49-43(57)37(17)33-7-3-29(63-33)27-1-5-31(61-27)35-15-9-16-22(12-21(15)47-41(35)55)48-42(56)36(16)32-6-2-28(62-32)30-4-8-34(64-30)38-18-11-20-26(52-46(60)40(20)54)14-24(18)50-44(38)58/h1-14,39,53H,(H,47,55)(H,48,56)(H,49,57)(H,50,58)(H,51,59)(H,52,54,60)/b29-27-,30-28-,35-31-,36-32-,37-33-,38-34-. The number of aliphatic hydroxyl groups is 1. The van der Waals surface area contributed by atoms with Crippen molar-refractivity contribution in [1.82, 2.24) is 0 Å². The van der Waals surface area contributed by atoms with E-state index in [1.54, 1.807) is 30.3 Å². The molecule has 0 fully saturated rings. The Hall–Kier alpha value is -7.61. The van der Waals surface area contributed by atoms with Gasteiger partial charge in [-0.2, -0.15) is 0 Å². The third-order valence-corrected chi connectivity index (χ3v) is 16.7. The monoisotopic (exact) mass is 914 g/mol. The molecule has 0 spiro atoms. The van der Waals surface area contributed by atoms with Crippen LogP contribution in [0.3, 0.4) is 0 Å². The molecule has 0 radical (unpaired) electrons. The molecule has 308 valence electrons. The summed E-state index contributed by atoms with van der Waals surface area (Å²) in [6.07, 6.45) is -1.31. The maximum atomic E-state index is 13.6. The molecule has 3 aromatic carbocycles. The Bertz CT molecular complexity index is 4050. The van der Waals surface area contributed by atoms with E-state index in [1.807, 2.05) is 54.6 Å². The van der Waals surface area contributed by atoms with Gasteiger partial charge >= 0.3 is 0 Å². The predicted octanol–water partition coefficient (Wildman–Crippen LogP) is 3.23. The minimum atomic E-state index is -1.31. The molecule has 0 saturated heterocycles. The molecule has 4 aromatic heterocycles. The Balaban J connectivity index is 0.898. The summed E-state index contributed by atoms with van der Waals surface area (Å²) in [6.45, 7) is 0. The Labute approximate surface area is 372 Å². The third kappa shape index (κ3) is 5.22. The molecule has 6 aliphatic heterocycles. The Morgan fingerprint density at radius 3 is 1.06 bits per heavy atom. The van der Waals surface area contributed by atoms with Crippen LogP contribution in [0, 0.1) is 18.1 Å². The number of carbonyl (C=O) groups is 7. The van der Waals surface area contributed by atoms with E-state index in [9.17, 15) is 38.7 Å². The number of thiophene rings is 4. The van der Waals surface area contributed by atoms with Crippen molar-refractivity contribution in [3.05, 3.63) is 155 Å². The minimum absolute atomic E-state index is 0.224. The highest BCUT2D eigenvalue weighted by Crippen LogP contribution is 2.42. The van der Waals surface area contributed by atoms with Gasteiger partial charge in [0, 0.05) is 69.8 Å². The average molecular weight is 915 g/mol. The number of rotatable bonds is 0. The van der Waals surface area contributed by atoms with Gasteiger partial charge in [0.05, 0.1) is 56.3 Å². The van der Waals surface area contributed by atoms with E-state index >= 15 is 0 Å². The van der Waals surface area contributed by atoms with Crippen LogP contribution in [0.1, 0.15) is 44.3 Å². The lowest BCUT2D eigenvalue weighted by Gasteiger charge is -2.04. The molecule has 1 unspecified atom stereocenters. The molecule has 0 bridgehead atoms. The van der Waals surface area contributed by atoms with E-state index in [0.29, 0.717) is 93.3 Å². The van der Waals surface area contributed by atoms with Gasteiger partial charge < -0.3 is 37.0 Å². The van der Waals surface area contributed by atoms with Gasteiger partial charge in [0.2, 0.25) is 0 Å². The number of fused-ring (bicyclic) bond motifs is 6. The van der Waals surface area contributed by atoms with Gasteiger partial charge in [0.1, 0.15) is 0 Å². The Kier molecular flexibility index (Phi) is 7.50. The molecule has 7 aromatic rings. The van der Waals surface area contributed by atoms with E-state index in [2.05, 4.69) is 31.9 Å². The lowest BCUT2D eigenvalue weighted by molar-refractivity contribution is -0.123. The number of ketones is 1. The van der Waals surface area contributed by atoms with Gasteiger partial charge in [0.25, 0.3) is 41.2 Å². The molecule has 18 heteroatoms. The fourth-order valence-electron chi connectivity index (χ4n) is 8.95. The lowest BCUT2D eigenvalue weighted by Crippen LogP contribution is -2.13. The fraction of sp³-hybridized carbons (Fsp3) is 0.0217. The van der Waals surface area contributed by atoms with Gasteiger partial charge in [-0.05, 0) is 84.9 Å². The predicted molar refractivity (Wildman–Crippen MR) is 242 cm³/mol. The first-order valence-corrected chi connectivity index (χ1v) is 22.8. The number of benzene rings is 3. The molecule has 13 rings (SSSR count). The second-order valence-corrected chi connectivity index (χ2v) is 19.9. The number of Topliss-reactive ketones (excluding diaryl/α,β-unsaturated/α-hetero) is 1. The van der Waals surface area contributed by atoms with Crippen molar-refractivity contribution in [2.45, 2.75) is 6.10 Å². The summed E-state index contributed by atoms with van der Waals surface area (Å²) in [5.74, 6) is -3.01. The maximum Gasteiger partial charge on any atom is 0.296 e. The Morgan fingerprint density at radius 1 is 0.344 bits per heavy atom. The van der Waals surface area contributed by atoms with Crippen LogP contribution < -0.4 is 50.0 Å². The van der Waals surface area contributed by atoms with Crippen LogP contribution >= 0.6 is 45.3 Å². The van der Waals surface area contributed by atoms with Crippen molar-refractivity contribution in [3.8, 4) is 0 Å². The number of hydrogen-bond donors (Lipinski definition) is 7. The van der Waals surface area contributed by atoms with Crippen LogP contribution in [-0.4, -0.2) is 46.3 Å². The second-order valence-electron chi connectivity index (χ2n) is 15.5. The van der Waals surface area contributed by atoms with E-state index in [-0.39, 0.29) is 29.2 Å². The second kappa shape index (κ2) is 13.0. The van der Waals surface area contributed by atoms with Gasteiger partial charge in [-0.25, -0.2) is 0 Å². The highest BCUT2D eigenvalue weighted by atomic mass is 32.1. The van der Waals surface area contributed by atoms with Crippen molar-refractivity contribution < 1.29 is 38.7 Å². The fourth-order valence-corrected chi connectivity index (χ4v) is 13.4. The topological polar surface area (TPSA) is 212 Å². The molecule has 6 aliphatic rings. The SMILES string of the molecule is O=C1Nc2cc3c(cc2C1=O)/C(=c1\cc/c(=c2\cc/c(=C4/C(=O)Nc5cc6c(cc54)/C(=c4\cc/c(=c5\cc/c(=C7/C(=O)Nc8cc9c(cc87)C(O)C(=O)N9)s5)s4)C(=O)N6)s2)s1)C(=O)N3. The molecular weight excluding hydrogens is 893 g/mol. The zero-order valence-electron chi connectivity index (χ0n) is 32.1. The van der Waals surface area contributed by atoms with Crippen molar-refractivity contribution >= 4 is 143 Å².